The molecule has 162 valence electrons. The van der Waals surface area contributed by atoms with Crippen LogP contribution in [0.25, 0.3) is 16.9 Å². The molecule has 1 aliphatic carbocycles. The number of halogens is 3. The number of nitrogen functional groups attached to an aromatic ring is 1. The highest BCUT2D eigenvalue weighted by molar-refractivity contribution is 5.74. The van der Waals surface area contributed by atoms with Crippen molar-refractivity contribution in [2.45, 2.75) is 38.7 Å². The van der Waals surface area contributed by atoms with Crippen LogP contribution >= 0.6 is 0 Å². The van der Waals surface area contributed by atoms with Gasteiger partial charge in [0.25, 0.3) is 6.43 Å². The van der Waals surface area contributed by atoms with E-state index in [0.717, 1.165) is 32.4 Å². The fourth-order valence-electron chi connectivity index (χ4n) is 4.47. The maximum atomic E-state index is 14.6. The monoisotopic (exact) mass is 429 g/mol. The Hall–Kier alpha value is -3.01. The normalized spacial score (nSPS) is 20.4. The molecule has 10 heteroatoms. The van der Waals surface area contributed by atoms with Crippen LogP contribution in [0, 0.1) is 18.2 Å². The van der Waals surface area contributed by atoms with Crippen molar-refractivity contribution in [1.29, 1.82) is 0 Å². The molecule has 2 aromatic heterocycles. The number of azo groups is 1. The Morgan fingerprint density at radius 2 is 2.10 bits per heavy atom. The van der Waals surface area contributed by atoms with Crippen LogP contribution in [0.15, 0.2) is 34.6 Å². The Labute approximate surface area is 176 Å². The minimum absolute atomic E-state index is 0.0713. The average Bonchev–Trinajstić information content (AvgIpc) is 3.30. The van der Waals surface area contributed by atoms with E-state index in [1.165, 1.54) is 22.7 Å². The summed E-state index contributed by atoms with van der Waals surface area (Å²) in [6.45, 7) is 3.69. The van der Waals surface area contributed by atoms with Crippen molar-refractivity contribution in [3.8, 4) is 11.3 Å². The number of nitrogens with two attached hydrogens (primary N) is 1. The van der Waals surface area contributed by atoms with Crippen molar-refractivity contribution < 1.29 is 13.2 Å². The number of hydrogen-bond acceptors (Lipinski definition) is 6. The molecule has 2 fully saturated rings. The predicted molar refractivity (Wildman–Crippen MR) is 110 cm³/mol. The van der Waals surface area contributed by atoms with Gasteiger partial charge in [-0.1, -0.05) is 0 Å². The summed E-state index contributed by atoms with van der Waals surface area (Å²) in [5, 5.41) is 16.3. The van der Waals surface area contributed by atoms with Gasteiger partial charge in [0.1, 0.15) is 11.5 Å². The quantitative estimate of drug-likeness (QED) is 0.469. The molecule has 0 radical (unpaired) electrons. The fourth-order valence-corrected chi connectivity index (χ4v) is 4.47. The molecule has 3 heterocycles. The van der Waals surface area contributed by atoms with E-state index in [0.29, 0.717) is 16.7 Å². The summed E-state index contributed by atoms with van der Waals surface area (Å²) in [6.07, 6.45) is 1.77. The van der Waals surface area contributed by atoms with Crippen molar-refractivity contribution in [3.63, 3.8) is 0 Å². The van der Waals surface area contributed by atoms with Gasteiger partial charge in [0.05, 0.1) is 34.9 Å². The molecule has 1 atom stereocenters. The second kappa shape index (κ2) is 7.30. The Kier molecular flexibility index (Phi) is 4.69. The number of nitrogens with zero attached hydrogens (tertiary/aromatic N) is 5. The maximum Gasteiger partial charge on any atom is 0.267 e. The molecule has 31 heavy (non-hydrogen) atoms. The van der Waals surface area contributed by atoms with Gasteiger partial charge in [-0.05, 0) is 49.8 Å². The highest BCUT2D eigenvalue weighted by atomic mass is 19.3. The first-order valence-electron chi connectivity index (χ1n) is 10.2. The van der Waals surface area contributed by atoms with Gasteiger partial charge >= 0.3 is 0 Å². The first kappa shape index (κ1) is 19.9. The van der Waals surface area contributed by atoms with E-state index in [9.17, 15) is 13.2 Å². The first-order chi connectivity index (χ1) is 14.8. The van der Waals surface area contributed by atoms with Gasteiger partial charge in [-0.2, -0.15) is 15.3 Å². The molecule has 1 aliphatic heterocycles. The van der Waals surface area contributed by atoms with Crippen LogP contribution < -0.4 is 11.1 Å². The van der Waals surface area contributed by atoms with E-state index < -0.39 is 12.2 Å². The Bertz CT molecular complexity index is 1180. The summed E-state index contributed by atoms with van der Waals surface area (Å²) in [4.78, 5) is 4.10. The van der Waals surface area contributed by atoms with Crippen molar-refractivity contribution in [1.82, 2.24) is 19.9 Å². The molecule has 0 amide bonds. The van der Waals surface area contributed by atoms with Crippen LogP contribution in [-0.4, -0.2) is 33.7 Å². The first-order valence-corrected chi connectivity index (χ1v) is 10.2. The number of alkyl halides is 2. The van der Waals surface area contributed by atoms with Crippen LogP contribution in [0.1, 0.15) is 36.9 Å². The molecular formula is C21H22F3N7. The summed E-state index contributed by atoms with van der Waals surface area (Å²) >= 11 is 0. The lowest BCUT2D eigenvalue weighted by Gasteiger charge is -2.39. The minimum Gasteiger partial charge on any atom is -0.395 e. The number of imidazole rings is 1. The van der Waals surface area contributed by atoms with Crippen molar-refractivity contribution in [3.05, 3.63) is 41.5 Å². The van der Waals surface area contributed by atoms with Gasteiger partial charge in [-0.15, -0.1) is 0 Å². The largest absolute Gasteiger partial charge is 0.395 e. The van der Waals surface area contributed by atoms with Crippen LogP contribution in [0.4, 0.5) is 24.5 Å². The van der Waals surface area contributed by atoms with E-state index >= 15 is 0 Å². The third-order valence-corrected chi connectivity index (χ3v) is 6.22. The lowest BCUT2D eigenvalue weighted by atomic mass is 9.80. The molecular weight excluding hydrogens is 407 g/mol. The smallest absolute Gasteiger partial charge is 0.267 e. The standard InChI is InChI=1S/C21H22F3N7/c1-11-8-31-20(27-11)14(19(23)24)6-16(30-31)12-4-15(22)18(25)17(5-12)29-28-13-2-3-21(7-13)9-26-10-21/h4-6,8,13,19,26H,2-3,7,9-10,25H2,1H3. The summed E-state index contributed by atoms with van der Waals surface area (Å²) in [5.41, 5.74) is 7.07. The zero-order chi connectivity index (χ0) is 21.8. The van der Waals surface area contributed by atoms with Crippen molar-refractivity contribution in [2.75, 3.05) is 18.8 Å². The number of anilines is 1. The summed E-state index contributed by atoms with van der Waals surface area (Å²) in [7, 11) is 0. The van der Waals surface area contributed by atoms with Gasteiger partial charge in [0.15, 0.2) is 5.65 Å². The van der Waals surface area contributed by atoms with Gasteiger partial charge in [0, 0.05) is 18.7 Å². The Balaban J connectivity index is 1.50. The number of benzene rings is 1. The molecule has 7 nitrogen and oxygen atoms in total. The van der Waals surface area contributed by atoms with E-state index in [4.69, 9.17) is 5.73 Å². The topological polar surface area (TPSA) is 93.0 Å². The minimum atomic E-state index is -2.75. The average molecular weight is 429 g/mol. The molecule has 1 saturated heterocycles. The van der Waals surface area contributed by atoms with Gasteiger partial charge < -0.3 is 11.1 Å². The predicted octanol–water partition coefficient (Wildman–Crippen LogP) is 4.59. The van der Waals surface area contributed by atoms with E-state index in [1.54, 1.807) is 13.1 Å². The zero-order valence-corrected chi connectivity index (χ0v) is 16.9. The lowest BCUT2D eigenvalue weighted by molar-refractivity contribution is 0.152. The summed E-state index contributed by atoms with van der Waals surface area (Å²) in [5.74, 6) is -0.695. The van der Waals surface area contributed by atoms with E-state index in [2.05, 4.69) is 25.6 Å². The molecule has 3 aromatic rings. The molecule has 0 bridgehead atoms. The summed E-state index contributed by atoms with van der Waals surface area (Å²) in [6, 6.07) is 4.00. The van der Waals surface area contributed by atoms with E-state index in [1.807, 2.05) is 0 Å². The number of hydrogen-bond donors (Lipinski definition) is 2. The third-order valence-electron chi connectivity index (χ3n) is 6.22. The van der Waals surface area contributed by atoms with E-state index in [-0.39, 0.29) is 34.3 Å². The Morgan fingerprint density at radius 1 is 1.29 bits per heavy atom. The van der Waals surface area contributed by atoms with Crippen LogP contribution in [0.5, 0.6) is 0 Å². The molecule has 1 aromatic carbocycles. The molecule has 1 saturated carbocycles. The van der Waals surface area contributed by atoms with Crippen molar-refractivity contribution in [2.24, 2.45) is 15.6 Å². The van der Waals surface area contributed by atoms with Crippen LogP contribution in [0.2, 0.25) is 0 Å². The number of nitrogens with one attached hydrogen (secondary N) is 1. The van der Waals surface area contributed by atoms with Gasteiger partial charge in [-0.25, -0.2) is 22.7 Å². The zero-order valence-electron chi connectivity index (χ0n) is 16.9. The van der Waals surface area contributed by atoms with Crippen LogP contribution in [0.3, 0.4) is 0 Å². The summed E-state index contributed by atoms with van der Waals surface area (Å²) < 4.78 is 43.0. The Morgan fingerprint density at radius 3 is 2.77 bits per heavy atom. The highest BCUT2D eigenvalue weighted by Gasteiger charge is 2.43. The SMILES string of the molecule is Cc1cn2nc(-c3cc(F)c(N)c(N=NC4CCC5(CNC5)C4)c3)cc(C(F)F)c2n1. The molecule has 1 spiro atoms. The van der Waals surface area contributed by atoms with Gasteiger partial charge in [0.2, 0.25) is 0 Å². The molecule has 3 N–H and O–H groups in total. The van der Waals surface area contributed by atoms with Gasteiger partial charge in [-0.3, -0.25) is 0 Å². The second-order valence-electron chi connectivity index (χ2n) is 8.54. The van der Waals surface area contributed by atoms with Crippen molar-refractivity contribution >= 4 is 17.0 Å². The molecule has 5 rings (SSSR count). The number of rotatable bonds is 4. The number of aromatic nitrogens is 3. The maximum absolute atomic E-state index is 14.6. The third kappa shape index (κ3) is 3.54. The number of aryl methyl sites for hydroxylation is 1. The highest BCUT2D eigenvalue weighted by Crippen LogP contribution is 2.43. The molecule has 1 unspecified atom stereocenters. The fraction of sp³-hybridized carbons (Fsp3) is 0.429. The van der Waals surface area contributed by atoms with Crippen LogP contribution in [-0.2, 0) is 0 Å². The second-order valence-corrected chi connectivity index (χ2v) is 8.54. The molecule has 2 aliphatic rings. The number of fused-ring (bicyclic) bond motifs is 1. The lowest BCUT2D eigenvalue weighted by Crippen LogP contribution is -2.51.